The minimum absolute atomic E-state index is 0.685. The predicted molar refractivity (Wildman–Crippen MR) is 111 cm³/mol. The first-order valence-corrected chi connectivity index (χ1v) is 10.2. The summed E-state index contributed by atoms with van der Waals surface area (Å²) in [4.78, 5) is 9.40. The maximum atomic E-state index is 4.68. The van der Waals surface area contributed by atoms with E-state index in [2.05, 4.69) is 68.4 Å². The Kier molecular flexibility index (Phi) is 5.41. The number of anilines is 4. The Morgan fingerprint density at radius 2 is 1.70 bits per heavy atom. The number of hydrogen-bond donors (Lipinski definition) is 1. The molecule has 0 spiro atoms. The first kappa shape index (κ1) is 18.0. The van der Waals surface area contributed by atoms with Crippen molar-refractivity contribution in [3.05, 3.63) is 30.5 Å². The molecule has 1 atom stereocenters. The highest BCUT2D eigenvalue weighted by molar-refractivity contribution is 5.61. The lowest BCUT2D eigenvalue weighted by atomic mass is 9.99. The molecule has 0 saturated carbocycles. The van der Waals surface area contributed by atoms with Crippen LogP contribution in [0.5, 0.6) is 0 Å². The lowest BCUT2D eigenvalue weighted by molar-refractivity contribution is 0.438. The number of hydrogen-bond acceptors (Lipinski definition) is 6. The van der Waals surface area contributed by atoms with Gasteiger partial charge < -0.3 is 15.1 Å². The van der Waals surface area contributed by atoms with Crippen LogP contribution < -0.4 is 15.1 Å². The Bertz CT molecular complexity index is 739. The van der Waals surface area contributed by atoms with Gasteiger partial charge in [-0.05, 0) is 61.8 Å². The fraction of sp³-hybridized carbons (Fsp3) is 0.571. The molecule has 2 aliphatic heterocycles. The first-order valence-electron chi connectivity index (χ1n) is 10.2. The Morgan fingerprint density at radius 3 is 2.44 bits per heavy atom. The normalized spacial score (nSPS) is 21.3. The molecule has 6 heteroatoms. The standard InChI is InChI=1S/C21H30N6/c1-16-9-12-26(13-10-16)19-7-5-18(6-8-19)23-20-14-22-25-21(24-20)27-11-3-4-17(2)15-27/h5-8,14,16-17H,3-4,9-13,15H2,1-2H3,(H,23,24,25). The molecule has 4 rings (SSSR count). The molecule has 2 aliphatic rings. The summed E-state index contributed by atoms with van der Waals surface area (Å²) in [5, 5.41) is 11.8. The molecule has 1 aromatic heterocycles. The molecule has 2 saturated heterocycles. The highest BCUT2D eigenvalue weighted by atomic mass is 15.3. The second kappa shape index (κ2) is 8.11. The predicted octanol–water partition coefficient (Wildman–Crippen LogP) is 4.09. The molecule has 1 N–H and O–H groups in total. The third-order valence-corrected chi connectivity index (χ3v) is 5.78. The van der Waals surface area contributed by atoms with E-state index < -0.39 is 0 Å². The highest BCUT2D eigenvalue weighted by Gasteiger charge is 2.19. The van der Waals surface area contributed by atoms with Gasteiger partial charge in [-0.25, -0.2) is 0 Å². The highest BCUT2D eigenvalue weighted by Crippen LogP contribution is 2.26. The van der Waals surface area contributed by atoms with E-state index in [1.165, 1.54) is 31.4 Å². The minimum atomic E-state index is 0.685. The molecule has 3 heterocycles. The molecule has 0 radical (unpaired) electrons. The van der Waals surface area contributed by atoms with Gasteiger partial charge in [0.1, 0.15) is 0 Å². The number of rotatable bonds is 4. The summed E-state index contributed by atoms with van der Waals surface area (Å²) in [5.41, 5.74) is 2.33. The van der Waals surface area contributed by atoms with Gasteiger partial charge in [0.15, 0.2) is 5.82 Å². The smallest absolute Gasteiger partial charge is 0.247 e. The number of nitrogens with one attached hydrogen (secondary N) is 1. The number of piperidine rings is 2. The van der Waals surface area contributed by atoms with Crippen LogP contribution in [-0.2, 0) is 0 Å². The SMILES string of the molecule is CC1CCN(c2ccc(Nc3cnnc(N4CCCC(C)C4)n3)cc2)CC1. The third kappa shape index (κ3) is 4.49. The molecular formula is C21H30N6. The Hall–Kier alpha value is -2.37. The van der Waals surface area contributed by atoms with Crippen LogP contribution >= 0.6 is 0 Å². The Morgan fingerprint density at radius 1 is 0.926 bits per heavy atom. The molecule has 144 valence electrons. The van der Waals surface area contributed by atoms with E-state index in [0.29, 0.717) is 5.92 Å². The van der Waals surface area contributed by atoms with E-state index in [4.69, 9.17) is 0 Å². The maximum Gasteiger partial charge on any atom is 0.247 e. The molecule has 1 aromatic carbocycles. The lowest BCUT2D eigenvalue weighted by Gasteiger charge is -2.32. The topological polar surface area (TPSA) is 57.2 Å². The average Bonchev–Trinajstić information content (AvgIpc) is 2.70. The van der Waals surface area contributed by atoms with Crippen LogP contribution in [0.25, 0.3) is 0 Å². The van der Waals surface area contributed by atoms with Gasteiger partial charge in [-0.2, -0.15) is 10.1 Å². The monoisotopic (exact) mass is 366 g/mol. The molecule has 0 aliphatic carbocycles. The fourth-order valence-corrected chi connectivity index (χ4v) is 4.03. The molecular weight excluding hydrogens is 336 g/mol. The van der Waals surface area contributed by atoms with E-state index in [1.54, 1.807) is 6.20 Å². The van der Waals surface area contributed by atoms with Crippen molar-refractivity contribution in [1.82, 2.24) is 15.2 Å². The fourth-order valence-electron chi connectivity index (χ4n) is 4.03. The first-order chi connectivity index (χ1) is 13.2. The molecule has 2 aromatic rings. The molecule has 0 amide bonds. The van der Waals surface area contributed by atoms with Crippen molar-refractivity contribution in [2.45, 2.75) is 39.5 Å². The zero-order valence-corrected chi connectivity index (χ0v) is 16.4. The van der Waals surface area contributed by atoms with Gasteiger partial charge in [-0.1, -0.05) is 13.8 Å². The molecule has 0 bridgehead atoms. The van der Waals surface area contributed by atoms with Crippen LogP contribution in [0.15, 0.2) is 30.5 Å². The second-order valence-electron chi connectivity index (χ2n) is 8.18. The minimum Gasteiger partial charge on any atom is -0.372 e. The number of benzene rings is 1. The van der Waals surface area contributed by atoms with Gasteiger partial charge in [0, 0.05) is 37.6 Å². The summed E-state index contributed by atoms with van der Waals surface area (Å²) in [7, 11) is 0. The van der Waals surface area contributed by atoms with Gasteiger partial charge in [0.25, 0.3) is 0 Å². The van der Waals surface area contributed by atoms with Gasteiger partial charge in [-0.15, -0.1) is 5.10 Å². The summed E-state index contributed by atoms with van der Waals surface area (Å²) in [6.07, 6.45) is 6.73. The third-order valence-electron chi connectivity index (χ3n) is 5.78. The van der Waals surface area contributed by atoms with E-state index in [9.17, 15) is 0 Å². The summed E-state index contributed by atoms with van der Waals surface area (Å²) in [6, 6.07) is 8.64. The van der Waals surface area contributed by atoms with E-state index >= 15 is 0 Å². The Labute approximate surface area is 162 Å². The molecule has 2 fully saturated rings. The van der Waals surface area contributed by atoms with Crippen LogP contribution in [0.3, 0.4) is 0 Å². The number of aromatic nitrogens is 3. The molecule has 27 heavy (non-hydrogen) atoms. The van der Waals surface area contributed by atoms with Gasteiger partial charge in [0.2, 0.25) is 5.95 Å². The van der Waals surface area contributed by atoms with Crippen molar-refractivity contribution >= 4 is 23.1 Å². The lowest BCUT2D eigenvalue weighted by Crippen LogP contribution is -2.35. The summed E-state index contributed by atoms with van der Waals surface area (Å²) < 4.78 is 0. The van der Waals surface area contributed by atoms with Crippen molar-refractivity contribution < 1.29 is 0 Å². The van der Waals surface area contributed by atoms with Gasteiger partial charge >= 0.3 is 0 Å². The quantitative estimate of drug-likeness (QED) is 0.880. The van der Waals surface area contributed by atoms with E-state index in [1.807, 2.05) is 0 Å². The Balaban J connectivity index is 1.41. The van der Waals surface area contributed by atoms with Crippen LogP contribution in [-0.4, -0.2) is 41.4 Å². The van der Waals surface area contributed by atoms with Crippen molar-refractivity contribution in [1.29, 1.82) is 0 Å². The maximum absolute atomic E-state index is 4.68. The van der Waals surface area contributed by atoms with Crippen molar-refractivity contribution in [2.75, 3.05) is 41.3 Å². The van der Waals surface area contributed by atoms with E-state index in [0.717, 1.165) is 49.6 Å². The molecule has 1 unspecified atom stereocenters. The van der Waals surface area contributed by atoms with Crippen LogP contribution in [0.2, 0.25) is 0 Å². The number of nitrogens with zero attached hydrogens (tertiary/aromatic N) is 5. The average molecular weight is 367 g/mol. The van der Waals surface area contributed by atoms with Crippen LogP contribution in [0.4, 0.5) is 23.1 Å². The summed E-state index contributed by atoms with van der Waals surface area (Å²) in [6.45, 7) is 8.96. The summed E-state index contributed by atoms with van der Waals surface area (Å²) in [5.74, 6) is 3.01. The van der Waals surface area contributed by atoms with E-state index in [-0.39, 0.29) is 0 Å². The summed E-state index contributed by atoms with van der Waals surface area (Å²) >= 11 is 0. The zero-order valence-electron chi connectivity index (χ0n) is 16.4. The van der Waals surface area contributed by atoms with Crippen LogP contribution in [0, 0.1) is 11.8 Å². The largest absolute Gasteiger partial charge is 0.372 e. The van der Waals surface area contributed by atoms with Crippen LogP contribution in [0.1, 0.15) is 39.5 Å². The van der Waals surface area contributed by atoms with Crippen molar-refractivity contribution in [3.63, 3.8) is 0 Å². The molecule has 6 nitrogen and oxygen atoms in total. The van der Waals surface area contributed by atoms with Crippen molar-refractivity contribution in [3.8, 4) is 0 Å². The second-order valence-corrected chi connectivity index (χ2v) is 8.18. The van der Waals surface area contributed by atoms with Crippen molar-refractivity contribution in [2.24, 2.45) is 11.8 Å². The van der Waals surface area contributed by atoms with Gasteiger partial charge in [-0.3, -0.25) is 0 Å². The zero-order chi connectivity index (χ0) is 18.6. The van der Waals surface area contributed by atoms with Gasteiger partial charge in [0.05, 0.1) is 6.20 Å².